The van der Waals surface area contributed by atoms with E-state index in [0.29, 0.717) is 0 Å². The van der Waals surface area contributed by atoms with Gasteiger partial charge in [0.05, 0.1) is 19.1 Å². The number of hydrogen-bond acceptors (Lipinski definition) is 5. The third kappa shape index (κ3) is 6.66. The number of carbonyl (C=O) groups is 1. The summed E-state index contributed by atoms with van der Waals surface area (Å²) in [5.74, 6) is -0.965. The highest BCUT2D eigenvalue weighted by molar-refractivity contribution is 7.92. The highest BCUT2D eigenvalue weighted by Crippen LogP contribution is 2.35. The summed E-state index contributed by atoms with van der Waals surface area (Å²) >= 11 is 6.02. The van der Waals surface area contributed by atoms with Crippen LogP contribution in [-0.2, 0) is 14.8 Å². The van der Waals surface area contributed by atoms with Crippen LogP contribution in [0.2, 0.25) is 5.02 Å². The summed E-state index contributed by atoms with van der Waals surface area (Å²) in [5, 5.41) is 2.74. The van der Waals surface area contributed by atoms with Crippen LogP contribution in [0.15, 0.2) is 42.5 Å². The van der Waals surface area contributed by atoms with E-state index in [0.717, 1.165) is 22.7 Å². The van der Waals surface area contributed by atoms with Crippen LogP contribution in [0.25, 0.3) is 0 Å². The fourth-order valence-corrected chi connectivity index (χ4v) is 4.21. The third-order valence-electron chi connectivity index (χ3n) is 4.06. The van der Waals surface area contributed by atoms with Gasteiger partial charge in [-0.1, -0.05) is 18.5 Å². The smallest absolute Gasteiger partial charge is 0.495 e. The maximum atomic E-state index is 12.9. The maximum absolute atomic E-state index is 12.9. The second-order valence-electron chi connectivity index (χ2n) is 6.36. The molecule has 0 spiro atoms. The number of rotatable bonds is 8. The minimum absolute atomic E-state index is 0.0772. The molecule has 0 radical (unpaired) electrons. The highest BCUT2D eigenvalue weighted by atomic mass is 35.5. The molecule has 1 atom stereocenters. The van der Waals surface area contributed by atoms with Crippen molar-refractivity contribution in [3.05, 3.63) is 47.5 Å². The van der Waals surface area contributed by atoms with E-state index < -0.39 is 34.1 Å². The van der Waals surface area contributed by atoms with E-state index in [9.17, 15) is 26.4 Å². The summed E-state index contributed by atoms with van der Waals surface area (Å²) in [6.07, 6.45) is -3.82. The monoisotopic (exact) mass is 480 g/mol. The Hall–Kier alpha value is -2.66. The van der Waals surface area contributed by atoms with E-state index >= 15 is 0 Å². The van der Waals surface area contributed by atoms with E-state index in [-0.39, 0.29) is 28.6 Å². The molecular formula is C19H20ClF3N2O5S. The third-order valence-corrected chi connectivity index (χ3v) is 5.46. The van der Waals surface area contributed by atoms with E-state index in [4.69, 9.17) is 16.3 Å². The van der Waals surface area contributed by atoms with Crippen molar-refractivity contribution in [2.75, 3.05) is 23.0 Å². The van der Waals surface area contributed by atoms with Crippen LogP contribution < -0.4 is 19.1 Å². The number of amides is 1. The summed E-state index contributed by atoms with van der Waals surface area (Å²) in [6.45, 7) is 1.61. The molecule has 2 aromatic rings. The summed E-state index contributed by atoms with van der Waals surface area (Å²) in [6, 6.07) is 7.62. The molecule has 0 fully saturated rings. The zero-order chi connectivity index (χ0) is 23.4. The van der Waals surface area contributed by atoms with Crippen LogP contribution in [0, 0.1) is 0 Å². The first-order valence-electron chi connectivity index (χ1n) is 8.85. The lowest BCUT2D eigenvalue weighted by Gasteiger charge is -2.31. The SMILES string of the molecule is CC[C@@H](C(=O)Nc1ccc(OC(F)(F)F)cc1)N(c1cc(Cl)ccc1OC)S(C)(=O)=O. The van der Waals surface area contributed by atoms with Gasteiger partial charge in [0.25, 0.3) is 0 Å². The van der Waals surface area contributed by atoms with E-state index in [1.165, 1.54) is 37.4 Å². The topological polar surface area (TPSA) is 84.9 Å². The standard InChI is InChI=1S/C19H20ClF3N2O5S/c1-4-15(18(26)24-13-6-8-14(9-7-13)30-19(21,22)23)25(31(3,27)28)16-11-12(20)5-10-17(16)29-2/h5-11,15H,4H2,1-3H3,(H,24,26)/t15-/m0/s1. The van der Waals surface area contributed by atoms with Gasteiger partial charge in [-0.25, -0.2) is 8.42 Å². The number of halogens is 4. The number of alkyl halides is 3. The number of sulfonamides is 1. The molecule has 0 heterocycles. The van der Waals surface area contributed by atoms with Crippen molar-refractivity contribution in [1.82, 2.24) is 0 Å². The molecule has 170 valence electrons. The molecule has 0 saturated heterocycles. The molecular weight excluding hydrogens is 461 g/mol. The van der Waals surface area contributed by atoms with Crippen LogP contribution >= 0.6 is 11.6 Å². The first-order chi connectivity index (χ1) is 14.4. The van der Waals surface area contributed by atoms with Gasteiger partial charge >= 0.3 is 6.36 Å². The first-order valence-corrected chi connectivity index (χ1v) is 11.1. The minimum atomic E-state index is -4.84. The quantitative estimate of drug-likeness (QED) is 0.604. The fourth-order valence-electron chi connectivity index (χ4n) is 2.84. The van der Waals surface area contributed by atoms with Crippen molar-refractivity contribution in [3.8, 4) is 11.5 Å². The number of anilines is 2. The largest absolute Gasteiger partial charge is 0.573 e. The van der Waals surface area contributed by atoms with Gasteiger partial charge in [-0.05, 0) is 48.9 Å². The van der Waals surface area contributed by atoms with Crippen molar-refractivity contribution in [2.45, 2.75) is 25.7 Å². The van der Waals surface area contributed by atoms with Crippen molar-refractivity contribution >= 4 is 38.9 Å². The second kappa shape index (κ2) is 9.65. The molecule has 12 heteroatoms. The average Bonchev–Trinajstić information content (AvgIpc) is 2.65. The summed E-state index contributed by atoms with van der Waals surface area (Å²) in [7, 11) is -2.61. The molecule has 2 rings (SSSR count). The minimum Gasteiger partial charge on any atom is -0.495 e. The lowest BCUT2D eigenvalue weighted by atomic mass is 10.1. The van der Waals surface area contributed by atoms with Crippen LogP contribution in [-0.4, -0.2) is 40.1 Å². The molecule has 0 unspecified atom stereocenters. The second-order valence-corrected chi connectivity index (χ2v) is 8.66. The van der Waals surface area contributed by atoms with Gasteiger partial charge in [0.1, 0.15) is 17.5 Å². The van der Waals surface area contributed by atoms with Crippen molar-refractivity contribution in [1.29, 1.82) is 0 Å². The molecule has 0 aliphatic carbocycles. The molecule has 1 amide bonds. The fraction of sp³-hybridized carbons (Fsp3) is 0.316. The van der Waals surface area contributed by atoms with Crippen molar-refractivity contribution in [3.63, 3.8) is 0 Å². The Bertz CT molecular complexity index is 1030. The predicted molar refractivity (Wildman–Crippen MR) is 111 cm³/mol. The van der Waals surface area contributed by atoms with Crippen LogP contribution in [0.5, 0.6) is 11.5 Å². The Kier molecular flexibility index (Phi) is 7.66. The van der Waals surface area contributed by atoms with Gasteiger partial charge in [-0.2, -0.15) is 0 Å². The number of benzene rings is 2. The Balaban J connectivity index is 2.35. The number of ether oxygens (including phenoxy) is 2. The lowest BCUT2D eigenvalue weighted by molar-refractivity contribution is -0.274. The molecule has 0 aromatic heterocycles. The first kappa shape index (κ1) is 24.6. The summed E-state index contributed by atoms with van der Waals surface area (Å²) < 4.78 is 71.9. The Morgan fingerprint density at radius 1 is 1.19 bits per heavy atom. The maximum Gasteiger partial charge on any atom is 0.573 e. The van der Waals surface area contributed by atoms with Gasteiger partial charge in [-0.15, -0.1) is 13.2 Å². The number of hydrogen-bond donors (Lipinski definition) is 1. The highest BCUT2D eigenvalue weighted by Gasteiger charge is 2.34. The van der Waals surface area contributed by atoms with E-state index in [1.807, 2.05) is 0 Å². The van der Waals surface area contributed by atoms with Crippen LogP contribution in [0.4, 0.5) is 24.5 Å². The predicted octanol–water partition coefficient (Wildman–Crippen LogP) is 4.43. The van der Waals surface area contributed by atoms with Gasteiger partial charge in [0.15, 0.2) is 0 Å². The summed E-state index contributed by atoms with van der Waals surface area (Å²) in [4.78, 5) is 12.9. The molecule has 0 saturated carbocycles. The number of nitrogens with zero attached hydrogens (tertiary/aromatic N) is 1. The lowest BCUT2D eigenvalue weighted by Crippen LogP contribution is -2.47. The number of nitrogens with one attached hydrogen (secondary N) is 1. The Morgan fingerprint density at radius 2 is 1.81 bits per heavy atom. The summed E-state index contributed by atoms with van der Waals surface area (Å²) in [5.41, 5.74) is 0.234. The van der Waals surface area contributed by atoms with Gasteiger partial charge in [0.2, 0.25) is 15.9 Å². The molecule has 0 aliphatic heterocycles. The normalized spacial score (nSPS) is 12.7. The number of carbonyl (C=O) groups excluding carboxylic acids is 1. The average molecular weight is 481 g/mol. The molecule has 31 heavy (non-hydrogen) atoms. The molecule has 1 N–H and O–H groups in total. The van der Waals surface area contributed by atoms with E-state index in [1.54, 1.807) is 6.92 Å². The Morgan fingerprint density at radius 3 is 2.29 bits per heavy atom. The van der Waals surface area contributed by atoms with Crippen LogP contribution in [0.3, 0.4) is 0 Å². The van der Waals surface area contributed by atoms with Gasteiger partial charge in [-0.3, -0.25) is 9.10 Å². The molecule has 7 nitrogen and oxygen atoms in total. The molecule has 0 bridgehead atoms. The molecule has 0 aliphatic rings. The van der Waals surface area contributed by atoms with Gasteiger partial charge < -0.3 is 14.8 Å². The van der Waals surface area contributed by atoms with Crippen molar-refractivity contribution in [2.24, 2.45) is 0 Å². The van der Waals surface area contributed by atoms with E-state index in [2.05, 4.69) is 10.1 Å². The van der Waals surface area contributed by atoms with Crippen molar-refractivity contribution < 1.29 is 35.9 Å². The van der Waals surface area contributed by atoms with Crippen LogP contribution in [0.1, 0.15) is 13.3 Å². The zero-order valence-corrected chi connectivity index (χ0v) is 18.3. The van der Waals surface area contributed by atoms with Gasteiger partial charge in [0, 0.05) is 10.7 Å². The number of methoxy groups -OCH3 is 1. The Labute approximate surface area is 182 Å². The molecule has 2 aromatic carbocycles. The zero-order valence-electron chi connectivity index (χ0n) is 16.7.